The molecule has 0 saturated carbocycles. The number of para-hydroxylation sites is 1. The standard InChI is InChI=1S/C25H26N4O5S/c1-4-6-11-35-25-26-23(31)21-16-9-7-8-10-17(16)28(20(30)5-2)24(29(21)27-25)15-12-18(32-3)22-19(13-15)33-14-34-22/h7-10,12-13,24H,4-6,11,14H2,1-3H3/p+1/t24-/m1/s1. The lowest BCUT2D eigenvalue weighted by atomic mass is 10.0. The van der Waals surface area contributed by atoms with Gasteiger partial charge in [-0.15, -0.1) is 0 Å². The third-order valence-electron chi connectivity index (χ3n) is 6.04. The fourth-order valence-corrected chi connectivity index (χ4v) is 5.33. The maximum absolute atomic E-state index is 13.4. The fourth-order valence-electron chi connectivity index (χ4n) is 4.39. The Bertz CT molecular complexity index is 1340. The molecule has 0 radical (unpaired) electrons. The van der Waals surface area contributed by atoms with Crippen LogP contribution in [0, 0.1) is 0 Å². The number of methoxy groups -OCH3 is 1. The number of carbonyl (C=O) groups is 1. The molecule has 1 atom stereocenters. The van der Waals surface area contributed by atoms with Gasteiger partial charge in [-0.25, -0.2) is 4.90 Å². The molecule has 0 bridgehead atoms. The van der Waals surface area contributed by atoms with Crippen LogP contribution in [0.3, 0.4) is 0 Å². The third-order valence-corrected chi connectivity index (χ3v) is 6.99. The molecule has 5 rings (SSSR count). The SMILES string of the molecule is CCCCSc1n[n+]2c(c(=O)[nH]1)-c1ccccc1N(C(=O)CC)[C@H]2c1cc(OC)c2c(c1)OCO2. The summed E-state index contributed by atoms with van der Waals surface area (Å²) in [6, 6.07) is 11.0. The fraction of sp³-hybridized carbons (Fsp3) is 0.360. The van der Waals surface area contributed by atoms with Gasteiger partial charge >= 0.3 is 11.3 Å². The molecule has 0 saturated heterocycles. The highest BCUT2D eigenvalue weighted by molar-refractivity contribution is 7.99. The third kappa shape index (κ3) is 4.01. The van der Waals surface area contributed by atoms with Crippen LogP contribution < -0.4 is 29.4 Å². The van der Waals surface area contributed by atoms with Crippen LogP contribution in [-0.4, -0.2) is 35.6 Å². The van der Waals surface area contributed by atoms with Crippen molar-refractivity contribution in [2.75, 3.05) is 24.6 Å². The first kappa shape index (κ1) is 23.2. The van der Waals surface area contributed by atoms with Gasteiger partial charge in [0.05, 0.1) is 23.9 Å². The van der Waals surface area contributed by atoms with Crippen LogP contribution in [0.15, 0.2) is 46.3 Å². The van der Waals surface area contributed by atoms with E-state index in [2.05, 4.69) is 11.9 Å². The van der Waals surface area contributed by atoms with Crippen molar-refractivity contribution in [2.45, 2.75) is 44.4 Å². The molecular formula is C25H27N4O5S+. The zero-order valence-electron chi connectivity index (χ0n) is 19.9. The number of fused-ring (bicyclic) bond motifs is 4. The average molecular weight is 496 g/mol. The van der Waals surface area contributed by atoms with Gasteiger partial charge in [-0.1, -0.05) is 44.2 Å². The lowest BCUT2D eigenvalue weighted by Crippen LogP contribution is -2.60. The average Bonchev–Trinajstić information content (AvgIpc) is 3.35. The topological polar surface area (TPSA) is 97.6 Å². The van der Waals surface area contributed by atoms with Crippen molar-refractivity contribution in [2.24, 2.45) is 0 Å². The number of nitrogens with one attached hydrogen (secondary N) is 1. The summed E-state index contributed by atoms with van der Waals surface area (Å²) in [4.78, 5) is 31.4. The Morgan fingerprint density at radius 3 is 2.89 bits per heavy atom. The van der Waals surface area contributed by atoms with Crippen LogP contribution in [0.5, 0.6) is 17.2 Å². The highest BCUT2D eigenvalue weighted by Gasteiger charge is 2.46. The summed E-state index contributed by atoms with van der Waals surface area (Å²) in [7, 11) is 1.55. The Labute approximate surface area is 207 Å². The maximum atomic E-state index is 13.4. The van der Waals surface area contributed by atoms with Crippen molar-refractivity contribution in [3.8, 4) is 28.5 Å². The van der Waals surface area contributed by atoms with E-state index in [-0.39, 0.29) is 24.7 Å². The van der Waals surface area contributed by atoms with E-state index in [0.717, 1.165) is 18.6 Å². The minimum absolute atomic E-state index is 0.0834. The number of amides is 1. The van der Waals surface area contributed by atoms with Gasteiger partial charge in [-0.3, -0.25) is 14.6 Å². The quantitative estimate of drug-likeness (QED) is 0.304. The lowest BCUT2D eigenvalue weighted by molar-refractivity contribution is -0.763. The number of carbonyl (C=O) groups excluding carboxylic acids is 1. The summed E-state index contributed by atoms with van der Waals surface area (Å²) in [5, 5.41) is 5.34. The number of ether oxygens (including phenoxy) is 3. The number of H-pyrrole nitrogens is 1. The minimum atomic E-state index is -0.719. The lowest BCUT2D eigenvalue weighted by Gasteiger charge is -2.32. The molecule has 0 fully saturated rings. The molecule has 2 aromatic carbocycles. The number of rotatable bonds is 7. The second kappa shape index (κ2) is 9.61. The predicted molar refractivity (Wildman–Crippen MR) is 131 cm³/mol. The van der Waals surface area contributed by atoms with E-state index >= 15 is 0 Å². The Kier molecular flexibility index (Phi) is 6.38. The number of aromatic amines is 1. The number of aromatic nitrogens is 3. The van der Waals surface area contributed by atoms with Crippen LogP contribution in [0.1, 0.15) is 44.8 Å². The van der Waals surface area contributed by atoms with Crippen LogP contribution >= 0.6 is 11.8 Å². The zero-order valence-corrected chi connectivity index (χ0v) is 20.7. The molecule has 0 unspecified atom stereocenters. The van der Waals surface area contributed by atoms with Crippen molar-refractivity contribution in [3.63, 3.8) is 0 Å². The molecular weight excluding hydrogens is 468 g/mol. The van der Waals surface area contributed by atoms with Gasteiger partial charge in [-0.2, -0.15) is 0 Å². The number of nitrogens with zero attached hydrogens (tertiary/aromatic N) is 3. The largest absolute Gasteiger partial charge is 0.493 e. The molecule has 0 aliphatic carbocycles. The van der Waals surface area contributed by atoms with Crippen LogP contribution in [0.4, 0.5) is 5.69 Å². The second-order valence-electron chi connectivity index (χ2n) is 8.22. The first-order chi connectivity index (χ1) is 17.1. The molecule has 1 aromatic heterocycles. The van der Waals surface area contributed by atoms with E-state index in [4.69, 9.17) is 19.3 Å². The van der Waals surface area contributed by atoms with Crippen molar-refractivity contribution in [3.05, 3.63) is 52.3 Å². The van der Waals surface area contributed by atoms with Gasteiger partial charge in [0.2, 0.25) is 23.6 Å². The first-order valence-electron chi connectivity index (χ1n) is 11.6. The number of benzene rings is 2. The van der Waals surface area contributed by atoms with Gasteiger partial charge in [0.1, 0.15) is 0 Å². The highest BCUT2D eigenvalue weighted by atomic mass is 32.2. The maximum Gasteiger partial charge on any atom is 0.325 e. The Morgan fingerprint density at radius 2 is 2.11 bits per heavy atom. The van der Waals surface area contributed by atoms with Gasteiger partial charge in [0.25, 0.3) is 6.17 Å². The number of thioether (sulfide) groups is 1. The Hall–Kier alpha value is -3.53. The summed E-state index contributed by atoms with van der Waals surface area (Å²) in [5.41, 5.74) is 2.13. The molecule has 1 N–H and O–H groups in total. The van der Waals surface area contributed by atoms with Crippen LogP contribution in [0.25, 0.3) is 11.3 Å². The summed E-state index contributed by atoms with van der Waals surface area (Å²) in [5.74, 6) is 2.25. The van der Waals surface area contributed by atoms with E-state index in [1.54, 1.807) is 16.7 Å². The predicted octanol–water partition coefficient (Wildman–Crippen LogP) is 3.66. The second-order valence-corrected chi connectivity index (χ2v) is 9.30. The summed E-state index contributed by atoms with van der Waals surface area (Å²) in [6.45, 7) is 4.02. The van der Waals surface area contributed by atoms with Crippen molar-refractivity contribution < 1.29 is 23.7 Å². The zero-order chi connectivity index (χ0) is 24.5. The molecule has 3 aromatic rings. The van der Waals surface area contributed by atoms with Crippen molar-refractivity contribution >= 4 is 23.4 Å². The number of anilines is 1. The number of unbranched alkanes of at least 4 members (excludes halogenated alkanes) is 1. The van der Waals surface area contributed by atoms with E-state index in [1.165, 1.54) is 11.8 Å². The van der Waals surface area contributed by atoms with Gasteiger partial charge in [0.15, 0.2) is 11.5 Å². The van der Waals surface area contributed by atoms with Gasteiger partial charge < -0.3 is 14.2 Å². The van der Waals surface area contributed by atoms with Crippen LogP contribution in [0.2, 0.25) is 0 Å². The normalized spacial score (nSPS) is 15.5. The van der Waals surface area contributed by atoms with E-state index in [0.29, 0.717) is 44.9 Å². The minimum Gasteiger partial charge on any atom is -0.493 e. The molecule has 1 amide bonds. The van der Waals surface area contributed by atoms with E-state index in [1.807, 2.05) is 43.3 Å². The van der Waals surface area contributed by atoms with Gasteiger partial charge in [-0.05, 0) is 35.4 Å². The summed E-state index contributed by atoms with van der Waals surface area (Å²) >= 11 is 1.49. The molecule has 0 spiro atoms. The smallest absolute Gasteiger partial charge is 0.325 e. The van der Waals surface area contributed by atoms with Gasteiger partial charge in [0, 0.05) is 17.3 Å². The summed E-state index contributed by atoms with van der Waals surface area (Å²) < 4.78 is 18.4. The van der Waals surface area contributed by atoms with Crippen molar-refractivity contribution in [1.82, 2.24) is 10.1 Å². The van der Waals surface area contributed by atoms with Crippen molar-refractivity contribution in [1.29, 1.82) is 0 Å². The molecule has 10 heteroatoms. The van der Waals surface area contributed by atoms with E-state index in [9.17, 15) is 9.59 Å². The molecule has 35 heavy (non-hydrogen) atoms. The van der Waals surface area contributed by atoms with Crippen LogP contribution in [-0.2, 0) is 4.79 Å². The molecule has 2 aliphatic rings. The number of hydrogen-bond donors (Lipinski definition) is 1. The molecule has 3 heterocycles. The monoisotopic (exact) mass is 495 g/mol. The highest BCUT2D eigenvalue weighted by Crippen LogP contribution is 2.45. The number of hydrogen-bond acceptors (Lipinski definition) is 7. The summed E-state index contributed by atoms with van der Waals surface area (Å²) in [6.07, 6.45) is 1.61. The molecule has 182 valence electrons. The Morgan fingerprint density at radius 1 is 1.29 bits per heavy atom. The molecule has 2 aliphatic heterocycles. The van der Waals surface area contributed by atoms with E-state index < -0.39 is 6.17 Å². The first-order valence-corrected chi connectivity index (χ1v) is 12.6. The Balaban J connectivity index is 1.77. The molecule has 9 nitrogen and oxygen atoms in total.